The summed E-state index contributed by atoms with van der Waals surface area (Å²) < 4.78 is 11.3. The minimum atomic E-state index is -0.545. The molecular formula is C21H27ClN2O3. The van der Waals surface area contributed by atoms with Gasteiger partial charge in [0.05, 0.1) is 5.41 Å². The summed E-state index contributed by atoms with van der Waals surface area (Å²) in [5.74, 6) is 0.680. The summed E-state index contributed by atoms with van der Waals surface area (Å²) in [4.78, 5) is 12.8. The number of anilines is 1. The van der Waals surface area contributed by atoms with Crippen molar-refractivity contribution < 1.29 is 14.3 Å². The van der Waals surface area contributed by atoms with Crippen molar-refractivity contribution in [3.05, 3.63) is 59.7 Å². The van der Waals surface area contributed by atoms with Crippen LogP contribution < -0.4 is 15.8 Å². The van der Waals surface area contributed by atoms with Crippen molar-refractivity contribution in [3.8, 4) is 5.75 Å². The van der Waals surface area contributed by atoms with Crippen LogP contribution in [0.5, 0.6) is 5.75 Å². The number of carbonyl (C=O) groups is 1. The van der Waals surface area contributed by atoms with Gasteiger partial charge in [-0.05, 0) is 43.0 Å². The number of carbonyl (C=O) groups excluding carboxylic acids is 1. The summed E-state index contributed by atoms with van der Waals surface area (Å²) in [5, 5.41) is 3.00. The molecule has 146 valence electrons. The van der Waals surface area contributed by atoms with Crippen LogP contribution in [0.1, 0.15) is 24.0 Å². The molecule has 0 aliphatic carbocycles. The molecule has 1 amide bonds. The first-order valence-corrected chi connectivity index (χ1v) is 9.00. The van der Waals surface area contributed by atoms with E-state index >= 15 is 0 Å². The average molecular weight is 391 g/mol. The van der Waals surface area contributed by atoms with Crippen molar-refractivity contribution in [1.29, 1.82) is 0 Å². The third-order valence-corrected chi connectivity index (χ3v) is 5.07. The topological polar surface area (TPSA) is 73.6 Å². The van der Waals surface area contributed by atoms with Crippen LogP contribution in [-0.2, 0) is 16.1 Å². The average Bonchev–Trinajstić information content (AvgIpc) is 2.68. The molecule has 1 fully saturated rings. The zero-order valence-corrected chi connectivity index (χ0v) is 16.4. The quantitative estimate of drug-likeness (QED) is 0.788. The van der Waals surface area contributed by atoms with Crippen LogP contribution in [-0.4, -0.2) is 25.7 Å². The molecule has 1 aliphatic rings. The molecule has 0 unspecified atom stereocenters. The molecule has 1 saturated heterocycles. The molecule has 27 heavy (non-hydrogen) atoms. The molecule has 3 N–H and O–H groups in total. The van der Waals surface area contributed by atoms with Crippen LogP contribution in [0.15, 0.2) is 48.5 Å². The smallest absolute Gasteiger partial charge is 0.232 e. The van der Waals surface area contributed by atoms with E-state index in [4.69, 9.17) is 15.2 Å². The Morgan fingerprint density at radius 1 is 1.19 bits per heavy atom. The minimum Gasteiger partial charge on any atom is -0.489 e. The molecule has 1 aliphatic heterocycles. The third-order valence-electron chi connectivity index (χ3n) is 5.07. The van der Waals surface area contributed by atoms with Crippen molar-refractivity contribution in [1.82, 2.24) is 0 Å². The summed E-state index contributed by atoms with van der Waals surface area (Å²) in [6.07, 6.45) is 1.30. The molecule has 0 radical (unpaired) electrons. The summed E-state index contributed by atoms with van der Waals surface area (Å²) in [7, 11) is 0. The van der Waals surface area contributed by atoms with Gasteiger partial charge in [-0.15, -0.1) is 12.4 Å². The Morgan fingerprint density at radius 2 is 1.93 bits per heavy atom. The van der Waals surface area contributed by atoms with Gasteiger partial charge in [-0.25, -0.2) is 0 Å². The summed E-state index contributed by atoms with van der Waals surface area (Å²) in [6.45, 7) is 4.03. The van der Waals surface area contributed by atoms with Crippen molar-refractivity contribution >= 4 is 24.0 Å². The van der Waals surface area contributed by atoms with Gasteiger partial charge in [0.1, 0.15) is 12.4 Å². The number of aryl methyl sites for hydroxylation is 1. The van der Waals surface area contributed by atoms with Crippen LogP contribution in [0.2, 0.25) is 0 Å². The minimum absolute atomic E-state index is 0. The first-order valence-electron chi connectivity index (χ1n) is 9.00. The van der Waals surface area contributed by atoms with E-state index in [0.717, 1.165) is 17.0 Å². The molecule has 0 spiro atoms. The standard InChI is InChI=1S/C21H26N2O3.ClH/c1-16-5-2-3-6-17(16)14-26-19-8-4-7-18(13-19)23-20(24)21(15-22)9-11-25-12-10-21;/h2-8,13H,9-12,14-15,22H2,1H3,(H,23,24);1H. The largest absolute Gasteiger partial charge is 0.489 e. The predicted octanol–water partition coefficient (Wildman–Crippen LogP) is 3.69. The van der Waals surface area contributed by atoms with Crippen molar-refractivity contribution in [3.63, 3.8) is 0 Å². The van der Waals surface area contributed by atoms with Gasteiger partial charge in [-0.3, -0.25) is 4.79 Å². The van der Waals surface area contributed by atoms with Crippen molar-refractivity contribution in [2.24, 2.45) is 11.1 Å². The second-order valence-corrected chi connectivity index (χ2v) is 6.79. The third kappa shape index (κ3) is 5.22. The van der Waals surface area contributed by atoms with E-state index in [9.17, 15) is 4.79 Å². The van der Waals surface area contributed by atoms with Gasteiger partial charge in [0, 0.05) is 31.5 Å². The van der Waals surface area contributed by atoms with Gasteiger partial charge in [-0.2, -0.15) is 0 Å². The van der Waals surface area contributed by atoms with Gasteiger partial charge < -0.3 is 20.5 Å². The number of ether oxygens (including phenoxy) is 2. The first-order chi connectivity index (χ1) is 12.6. The Labute approximate surface area is 166 Å². The summed E-state index contributed by atoms with van der Waals surface area (Å²) >= 11 is 0. The fourth-order valence-electron chi connectivity index (χ4n) is 3.15. The highest BCUT2D eigenvalue weighted by Crippen LogP contribution is 2.31. The van der Waals surface area contributed by atoms with Crippen molar-refractivity contribution in [2.75, 3.05) is 25.1 Å². The monoisotopic (exact) mass is 390 g/mol. The van der Waals surface area contributed by atoms with E-state index in [-0.39, 0.29) is 18.3 Å². The second-order valence-electron chi connectivity index (χ2n) is 6.79. The van der Waals surface area contributed by atoms with E-state index in [1.165, 1.54) is 5.56 Å². The maximum atomic E-state index is 12.8. The van der Waals surface area contributed by atoms with E-state index in [0.29, 0.717) is 39.2 Å². The first kappa shape index (κ1) is 21.2. The Hall–Kier alpha value is -2.08. The van der Waals surface area contributed by atoms with E-state index in [1.54, 1.807) is 0 Å². The Bertz CT molecular complexity index is 761. The lowest BCUT2D eigenvalue weighted by Crippen LogP contribution is -2.46. The van der Waals surface area contributed by atoms with Crippen molar-refractivity contribution in [2.45, 2.75) is 26.4 Å². The number of amides is 1. The lowest BCUT2D eigenvalue weighted by Gasteiger charge is -2.34. The zero-order valence-electron chi connectivity index (χ0n) is 15.6. The van der Waals surface area contributed by atoms with Crippen LogP contribution in [0.4, 0.5) is 5.69 Å². The second kappa shape index (κ2) is 9.74. The van der Waals surface area contributed by atoms with Gasteiger partial charge in [0.2, 0.25) is 5.91 Å². The highest BCUT2D eigenvalue weighted by Gasteiger charge is 2.38. The number of benzene rings is 2. The number of hydrogen-bond donors (Lipinski definition) is 2. The molecule has 2 aromatic rings. The van der Waals surface area contributed by atoms with Gasteiger partial charge in [0.15, 0.2) is 0 Å². The molecule has 5 nitrogen and oxygen atoms in total. The number of hydrogen-bond acceptors (Lipinski definition) is 4. The Morgan fingerprint density at radius 3 is 2.63 bits per heavy atom. The van der Waals surface area contributed by atoms with Crippen LogP contribution in [0.25, 0.3) is 0 Å². The van der Waals surface area contributed by atoms with Crippen LogP contribution >= 0.6 is 12.4 Å². The van der Waals surface area contributed by atoms with Crippen LogP contribution in [0, 0.1) is 12.3 Å². The molecule has 1 heterocycles. The fraction of sp³-hybridized carbons (Fsp3) is 0.381. The Kier molecular flexibility index (Phi) is 7.66. The molecule has 0 atom stereocenters. The summed E-state index contributed by atoms with van der Waals surface area (Å²) in [5.41, 5.74) is 8.42. The highest BCUT2D eigenvalue weighted by molar-refractivity contribution is 5.95. The molecule has 2 aromatic carbocycles. The highest BCUT2D eigenvalue weighted by atomic mass is 35.5. The SMILES string of the molecule is Cc1ccccc1COc1cccc(NC(=O)C2(CN)CCOCC2)c1.Cl. The molecule has 3 rings (SSSR count). The van der Waals surface area contributed by atoms with Gasteiger partial charge in [-0.1, -0.05) is 30.3 Å². The number of nitrogens with one attached hydrogen (secondary N) is 1. The maximum Gasteiger partial charge on any atom is 0.232 e. The lowest BCUT2D eigenvalue weighted by molar-refractivity contribution is -0.130. The molecule has 0 bridgehead atoms. The van der Waals surface area contributed by atoms with Gasteiger partial charge >= 0.3 is 0 Å². The van der Waals surface area contributed by atoms with Crippen LogP contribution in [0.3, 0.4) is 0 Å². The zero-order chi connectivity index (χ0) is 18.4. The number of rotatable bonds is 6. The molecule has 0 aromatic heterocycles. The van der Waals surface area contributed by atoms with E-state index in [2.05, 4.69) is 24.4 Å². The molecular weight excluding hydrogens is 364 g/mol. The van der Waals surface area contributed by atoms with E-state index in [1.807, 2.05) is 36.4 Å². The number of halogens is 1. The number of nitrogens with two attached hydrogens (primary N) is 1. The molecule has 0 saturated carbocycles. The molecule has 6 heteroatoms. The summed E-state index contributed by atoms with van der Waals surface area (Å²) in [6, 6.07) is 15.6. The predicted molar refractivity (Wildman–Crippen MR) is 109 cm³/mol. The fourth-order valence-corrected chi connectivity index (χ4v) is 3.15. The lowest BCUT2D eigenvalue weighted by atomic mass is 9.79. The van der Waals surface area contributed by atoms with Gasteiger partial charge in [0.25, 0.3) is 0 Å². The Balaban J connectivity index is 0.00000261. The maximum absolute atomic E-state index is 12.8. The normalized spacial score (nSPS) is 15.5. The van der Waals surface area contributed by atoms with E-state index < -0.39 is 5.41 Å².